The zero-order chi connectivity index (χ0) is 14.1. The fourth-order valence-electron chi connectivity index (χ4n) is 2.87. The Labute approximate surface area is 119 Å². The van der Waals surface area contributed by atoms with E-state index in [0.717, 1.165) is 24.9 Å². The van der Waals surface area contributed by atoms with Crippen LogP contribution in [0.1, 0.15) is 46.1 Å². The lowest BCUT2D eigenvalue weighted by atomic mass is 10.0. The highest BCUT2D eigenvalue weighted by Crippen LogP contribution is 2.33. The molecule has 1 amide bonds. The number of furan rings is 1. The lowest BCUT2D eigenvalue weighted by molar-refractivity contribution is 0.0702. The summed E-state index contributed by atoms with van der Waals surface area (Å²) < 4.78 is 5.35. The van der Waals surface area contributed by atoms with Crippen molar-refractivity contribution < 1.29 is 9.21 Å². The van der Waals surface area contributed by atoms with Crippen LogP contribution in [0.15, 0.2) is 41.0 Å². The molecule has 0 radical (unpaired) electrons. The van der Waals surface area contributed by atoms with Gasteiger partial charge in [-0.15, -0.1) is 0 Å². The molecule has 1 aliphatic rings. The molecule has 2 aromatic rings. The smallest absolute Gasteiger partial charge is 0.290 e. The van der Waals surface area contributed by atoms with Gasteiger partial charge in [0.1, 0.15) is 0 Å². The van der Waals surface area contributed by atoms with Gasteiger partial charge in [0, 0.05) is 12.1 Å². The van der Waals surface area contributed by atoms with Gasteiger partial charge in [-0.2, -0.15) is 0 Å². The van der Waals surface area contributed by atoms with E-state index in [1.807, 2.05) is 17.9 Å². The zero-order valence-corrected chi connectivity index (χ0v) is 11.9. The number of likely N-dealkylation sites (tertiary alicyclic amines) is 1. The van der Waals surface area contributed by atoms with Crippen molar-refractivity contribution in [2.24, 2.45) is 0 Å². The Morgan fingerprint density at radius 2 is 1.95 bits per heavy atom. The van der Waals surface area contributed by atoms with E-state index in [1.54, 1.807) is 6.26 Å². The first-order valence-electron chi connectivity index (χ1n) is 7.08. The zero-order valence-electron chi connectivity index (χ0n) is 11.9. The van der Waals surface area contributed by atoms with E-state index >= 15 is 0 Å². The number of carbonyl (C=O) groups excluding carboxylic acids is 1. The van der Waals surface area contributed by atoms with Crippen molar-refractivity contribution in [3.8, 4) is 0 Å². The SMILES string of the molecule is Cc1ccc(C2CCCN2C(=O)c2occc2C)cc1. The molecule has 1 aliphatic heterocycles. The topological polar surface area (TPSA) is 33.5 Å². The van der Waals surface area contributed by atoms with Crippen LogP contribution in [0, 0.1) is 13.8 Å². The average molecular weight is 269 g/mol. The van der Waals surface area contributed by atoms with Crippen molar-refractivity contribution in [1.29, 1.82) is 0 Å². The summed E-state index contributed by atoms with van der Waals surface area (Å²) in [6.07, 6.45) is 3.65. The Morgan fingerprint density at radius 1 is 1.20 bits per heavy atom. The quantitative estimate of drug-likeness (QED) is 0.829. The molecule has 1 atom stereocenters. The van der Waals surface area contributed by atoms with E-state index in [0.29, 0.717) is 5.76 Å². The molecular formula is C17H19NO2. The molecule has 0 saturated carbocycles. The third-order valence-corrected chi connectivity index (χ3v) is 4.03. The number of benzene rings is 1. The van der Waals surface area contributed by atoms with Crippen LogP contribution in [0.2, 0.25) is 0 Å². The number of hydrogen-bond donors (Lipinski definition) is 0. The molecule has 1 aromatic carbocycles. The first kappa shape index (κ1) is 13.0. The third kappa shape index (κ3) is 2.24. The van der Waals surface area contributed by atoms with Gasteiger partial charge in [0.05, 0.1) is 12.3 Å². The predicted octanol–water partition coefficient (Wildman–Crippen LogP) is 3.87. The van der Waals surface area contributed by atoms with Crippen molar-refractivity contribution in [2.45, 2.75) is 32.7 Å². The third-order valence-electron chi connectivity index (χ3n) is 4.03. The summed E-state index contributed by atoms with van der Waals surface area (Å²) in [7, 11) is 0. The molecule has 3 rings (SSSR count). The molecule has 0 N–H and O–H groups in total. The number of rotatable bonds is 2. The van der Waals surface area contributed by atoms with E-state index in [-0.39, 0.29) is 11.9 Å². The second-order valence-electron chi connectivity index (χ2n) is 5.50. The van der Waals surface area contributed by atoms with E-state index in [1.165, 1.54) is 11.1 Å². The van der Waals surface area contributed by atoms with Gasteiger partial charge < -0.3 is 9.32 Å². The van der Waals surface area contributed by atoms with Crippen molar-refractivity contribution >= 4 is 5.91 Å². The van der Waals surface area contributed by atoms with Gasteiger partial charge in [-0.05, 0) is 38.3 Å². The molecule has 0 aliphatic carbocycles. The van der Waals surface area contributed by atoms with Gasteiger partial charge in [0.15, 0.2) is 5.76 Å². The molecule has 1 unspecified atom stereocenters. The summed E-state index contributed by atoms with van der Waals surface area (Å²) in [6.45, 7) is 4.79. The second kappa shape index (κ2) is 5.16. The van der Waals surface area contributed by atoms with Gasteiger partial charge in [-0.3, -0.25) is 4.79 Å². The van der Waals surface area contributed by atoms with Crippen LogP contribution in [-0.4, -0.2) is 17.4 Å². The molecule has 20 heavy (non-hydrogen) atoms. The average Bonchev–Trinajstić information content (AvgIpc) is 3.07. The van der Waals surface area contributed by atoms with E-state index < -0.39 is 0 Å². The summed E-state index contributed by atoms with van der Waals surface area (Å²) in [5, 5.41) is 0. The lowest BCUT2D eigenvalue weighted by Gasteiger charge is -2.24. The molecule has 0 bridgehead atoms. The Kier molecular flexibility index (Phi) is 3.35. The Bertz CT molecular complexity index is 612. The van der Waals surface area contributed by atoms with Crippen LogP contribution in [0.3, 0.4) is 0 Å². The minimum Gasteiger partial charge on any atom is -0.459 e. The van der Waals surface area contributed by atoms with Crippen molar-refractivity contribution in [1.82, 2.24) is 4.90 Å². The van der Waals surface area contributed by atoms with Gasteiger partial charge in [0.25, 0.3) is 5.91 Å². The Hall–Kier alpha value is -2.03. The van der Waals surface area contributed by atoms with Gasteiger partial charge >= 0.3 is 0 Å². The summed E-state index contributed by atoms with van der Waals surface area (Å²) in [5.74, 6) is 0.486. The standard InChI is InChI=1S/C17H19NO2/c1-12-5-7-14(8-6-12)15-4-3-10-18(15)17(19)16-13(2)9-11-20-16/h5-9,11,15H,3-4,10H2,1-2H3. The van der Waals surface area contributed by atoms with Crippen molar-refractivity contribution in [3.63, 3.8) is 0 Å². The second-order valence-corrected chi connectivity index (χ2v) is 5.50. The number of carbonyl (C=O) groups is 1. The molecule has 2 heterocycles. The van der Waals surface area contributed by atoms with Crippen LogP contribution in [0.5, 0.6) is 0 Å². The number of hydrogen-bond acceptors (Lipinski definition) is 2. The molecular weight excluding hydrogens is 250 g/mol. The predicted molar refractivity (Wildman–Crippen MR) is 77.6 cm³/mol. The molecule has 3 heteroatoms. The first-order chi connectivity index (χ1) is 9.66. The fraction of sp³-hybridized carbons (Fsp3) is 0.353. The number of amides is 1. The monoisotopic (exact) mass is 269 g/mol. The van der Waals surface area contributed by atoms with Crippen molar-refractivity contribution in [3.05, 3.63) is 59.0 Å². The maximum atomic E-state index is 12.6. The molecule has 1 saturated heterocycles. The lowest BCUT2D eigenvalue weighted by Crippen LogP contribution is -2.30. The highest BCUT2D eigenvalue weighted by molar-refractivity contribution is 5.93. The van der Waals surface area contributed by atoms with Crippen LogP contribution >= 0.6 is 0 Å². The van der Waals surface area contributed by atoms with Crippen LogP contribution in [0.25, 0.3) is 0 Å². The highest BCUT2D eigenvalue weighted by atomic mass is 16.3. The van der Waals surface area contributed by atoms with E-state index in [9.17, 15) is 4.79 Å². The number of nitrogens with zero attached hydrogens (tertiary/aromatic N) is 1. The molecule has 1 fully saturated rings. The maximum absolute atomic E-state index is 12.6. The van der Waals surface area contributed by atoms with Gasteiger partial charge in [0.2, 0.25) is 0 Å². The fourth-order valence-corrected chi connectivity index (χ4v) is 2.87. The maximum Gasteiger partial charge on any atom is 0.290 e. The molecule has 0 spiro atoms. The normalized spacial score (nSPS) is 18.5. The summed E-state index contributed by atoms with van der Waals surface area (Å²) in [6, 6.07) is 10.5. The largest absolute Gasteiger partial charge is 0.459 e. The first-order valence-corrected chi connectivity index (χ1v) is 7.08. The van der Waals surface area contributed by atoms with E-state index in [2.05, 4.69) is 31.2 Å². The summed E-state index contributed by atoms with van der Waals surface area (Å²) >= 11 is 0. The highest BCUT2D eigenvalue weighted by Gasteiger charge is 2.32. The van der Waals surface area contributed by atoms with E-state index in [4.69, 9.17) is 4.42 Å². The minimum atomic E-state index is 0.00979. The molecule has 3 nitrogen and oxygen atoms in total. The molecule has 1 aromatic heterocycles. The van der Waals surface area contributed by atoms with Gasteiger partial charge in [-0.1, -0.05) is 29.8 Å². The van der Waals surface area contributed by atoms with Crippen LogP contribution in [0.4, 0.5) is 0 Å². The minimum absolute atomic E-state index is 0.00979. The van der Waals surface area contributed by atoms with Crippen molar-refractivity contribution in [2.75, 3.05) is 6.54 Å². The van der Waals surface area contributed by atoms with Gasteiger partial charge in [-0.25, -0.2) is 0 Å². The number of aryl methyl sites for hydroxylation is 2. The van der Waals surface area contributed by atoms with Crippen LogP contribution in [-0.2, 0) is 0 Å². The van der Waals surface area contributed by atoms with Crippen LogP contribution < -0.4 is 0 Å². The Morgan fingerprint density at radius 3 is 2.60 bits per heavy atom. The summed E-state index contributed by atoms with van der Waals surface area (Å²) in [4.78, 5) is 14.6. The summed E-state index contributed by atoms with van der Waals surface area (Å²) in [5.41, 5.74) is 3.36. The Balaban J connectivity index is 1.87. The molecule has 104 valence electrons.